The molecule has 23 heavy (non-hydrogen) atoms. The number of nitrogens with zero attached hydrogens (tertiary/aromatic N) is 1. The van der Waals surface area contributed by atoms with Crippen LogP contribution < -0.4 is 11.1 Å². The molecule has 6 heteroatoms. The molecule has 1 aromatic rings. The lowest BCUT2D eigenvalue weighted by Gasteiger charge is -2.65. The van der Waals surface area contributed by atoms with Crippen LogP contribution in [0.1, 0.15) is 45.2 Å². The number of halogens is 1. The van der Waals surface area contributed by atoms with Crippen molar-refractivity contribution in [2.45, 2.75) is 51.3 Å². The number of amides is 1. The van der Waals surface area contributed by atoms with Crippen molar-refractivity contribution in [3.8, 4) is 0 Å². The van der Waals surface area contributed by atoms with Gasteiger partial charge >= 0.3 is 0 Å². The fraction of sp³-hybridized carbons (Fsp3) is 0.647. The van der Waals surface area contributed by atoms with Gasteiger partial charge in [-0.3, -0.25) is 9.78 Å². The van der Waals surface area contributed by atoms with E-state index in [1.165, 1.54) is 0 Å². The third-order valence-electron chi connectivity index (χ3n) is 5.59. The molecule has 0 spiro atoms. The number of pyridine rings is 1. The third kappa shape index (κ3) is 2.65. The Kier molecular flexibility index (Phi) is 5.04. The van der Waals surface area contributed by atoms with Crippen LogP contribution in [-0.4, -0.2) is 29.1 Å². The minimum atomic E-state index is -0.867. The summed E-state index contributed by atoms with van der Waals surface area (Å²) in [4.78, 5) is 17.0. The van der Waals surface area contributed by atoms with E-state index in [1.54, 1.807) is 12.4 Å². The minimum absolute atomic E-state index is 0. The highest BCUT2D eigenvalue weighted by molar-refractivity contribution is 5.89. The van der Waals surface area contributed by atoms with Crippen molar-refractivity contribution in [2.24, 2.45) is 17.1 Å². The Morgan fingerprint density at radius 3 is 2.91 bits per heavy atom. The lowest BCUT2D eigenvalue weighted by atomic mass is 9.46. The standard InChI is InChI=1S/C17H25N3O2.ClH/c1-11(12-6-4-8-19-10-12)20-15(21)17(18)13-7-5-9-22-14(13)16(17,2)3;/h4,6,8,10-11,13-14H,5,7,9,18H2,1-3H3,(H,20,21);1H. The zero-order valence-corrected chi connectivity index (χ0v) is 14.7. The van der Waals surface area contributed by atoms with Gasteiger partial charge in [0.2, 0.25) is 5.91 Å². The van der Waals surface area contributed by atoms with Crippen molar-refractivity contribution in [3.05, 3.63) is 30.1 Å². The summed E-state index contributed by atoms with van der Waals surface area (Å²) >= 11 is 0. The van der Waals surface area contributed by atoms with Crippen LogP contribution in [0.3, 0.4) is 0 Å². The molecule has 5 nitrogen and oxygen atoms in total. The fourth-order valence-electron chi connectivity index (χ4n) is 4.07. The summed E-state index contributed by atoms with van der Waals surface area (Å²) in [5.41, 5.74) is 6.36. The third-order valence-corrected chi connectivity index (χ3v) is 5.59. The Bertz CT molecular complexity index is 566. The zero-order valence-electron chi connectivity index (χ0n) is 13.9. The summed E-state index contributed by atoms with van der Waals surface area (Å²) in [5.74, 6) is 0.0259. The van der Waals surface area contributed by atoms with Crippen LogP contribution in [0.15, 0.2) is 24.5 Å². The highest BCUT2D eigenvalue weighted by Crippen LogP contribution is 2.57. The first-order chi connectivity index (χ1) is 10.4. The number of nitrogens with two attached hydrogens (primary N) is 1. The molecule has 4 atom stereocenters. The Morgan fingerprint density at radius 2 is 2.26 bits per heavy atom. The number of hydrogen-bond donors (Lipinski definition) is 2. The number of hydrogen-bond acceptors (Lipinski definition) is 4. The molecule has 2 heterocycles. The van der Waals surface area contributed by atoms with Crippen LogP contribution in [-0.2, 0) is 9.53 Å². The molecule has 4 unspecified atom stereocenters. The lowest BCUT2D eigenvalue weighted by Crippen LogP contribution is -2.82. The molecule has 1 saturated heterocycles. The molecule has 3 rings (SSSR count). The van der Waals surface area contributed by atoms with Crippen LogP contribution in [0, 0.1) is 11.3 Å². The van der Waals surface area contributed by atoms with Gasteiger partial charge in [-0.05, 0) is 31.4 Å². The van der Waals surface area contributed by atoms with Crippen molar-refractivity contribution in [2.75, 3.05) is 6.61 Å². The Morgan fingerprint density at radius 1 is 1.52 bits per heavy atom. The van der Waals surface area contributed by atoms with Crippen LogP contribution in [0.25, 0.3) is 0 Å². The molecular formula is C17H26ClN3O2. The highest BCUT2D eigenvalue weighted by atomic mass is 35.5. The van der Waals surface area contributed by atoms with Crippen molar-refractivity contribution in [3.63, 3.8) is 0 Å². The van der Waals surface area contributed by atoms with E-state index in [1.807, 2.05) is 32.9 Å². The van der Waals surface area contributed by atoms with Crippen molar-refractivity contribution in [1.29, 1.82) is 0 Å². The van der Waals surface area contributed by atoms with Crippen molar-refractivity contribution in [1.82, 2.24) is 10.3 Å². The number of carbonyl (C=O) groups is 1. The van der Waals surface area contributed by atoms with Crippen LogP contribution >= 0.6 is 12.4 Å². The van der Waals surface area contributed by atoms with Gasteiger partial charge in [-0.15, -0.1) is 12.4 Å². The highest BCUT2D eigenvalue weighted by Gasteiger charge is 2.70. The van der Waals surface area contributed by atoms with Gasteiger partial charge in [-0.1, -0.05) is 19.9 Å². The predicted molar refractivity (Wildman–Crippen MR) is 91.2 cm³/mol. The number of fused-ring (bicyclic) bond motifs is 1. The van der Waals surface area contributed by atoms with Crippen LogP contribution in [0.5, 0.6) is 0 Å². The van der Waals surface area contributed by atoms with E-state index in [4.69, 9.17) is 10.5 Å². The molecule has 0 aromatic carbocycles. The number of ether oxygens (including phenoxy) is 1. The Labute approximate surface area is 143 Å². The van der Waals surface area contributed by atoms with E-state index >= 15 is 0 Å². The molecule has 2 aliphatic rings. The summed E-state index contributed by atoms with van der Waals surface area (Å²) in [5, 5.41) is 3.07. The van der Waals surface area contributed by atoms with Gasteiger partial charge in [0.05, 0.1) is 12.1 Å². The molecule has 3 N–H and O–H groups in total. The van der Waals surface area contributed by atoms with Gasteiger partial charge < -0.3 is 15.8 Å². The summed E-state index contributed by atoms with van der Waals surface area (Å²) in [6.45, 7) is 6.80. The van der Waals surface area contributed by atoms with E-state index < -0.39 is 5.54 Å². The molecule has 0 radical (unpaired) electrons. The minimum Gasteiger partial charge on any atom is -0.377 e. The molecule has 2 fully saturated rings. The van der Waals surface area contributed by atoms with Crippen molar-refractivity contribution >= 4 is 18.3 Å². The van der Waals surface area contributed by atoms with E-state index in [2.05, 4.69) is 10.3 Å². The van der Waals surface area contributed by atoms with E-state index in [0.717, 1.165) is 25.0 Å². The summed E-state index contributed by atoms with van der Waals surface area (Å²) in [6, 6.07) is 3.72. The number of aromatic nitrogens is 1. The quantitative estimate of drug-likeness (QED) is 0.885. The molecule has 0 bridgehead atoms. The Balaban J connectivity index is 0.00000192. The molecule has 1 aromatic heterocycles. The number of rotatable bonds is 3. The van der Waals surface area contributed by atoms with E-state index in [9.17, 15) is 4.79 Å². The predicted octanol–water partition coefficient (Wildman–Crippen LogP) is 2.21. The SMILES string of the molecule is CC(NC(=O)C1(N)C2CCCOC2C1(C)C)c1cccnc1.Cl. The van der Waals surface area contributed by atoms with Gasteiger partial charge in [-0.2, -0.15) is 0 Å². The van der Waals surface area contributed by atoms with Gasteiger partial charge in [0.25, 0.3) is 0 Å². The molecule has 1 aliphatic heterocycles. The summed E-state index contributed by atoms with van der Waals surface area (Å²) in [6.07, 6.45) is 5.51. The first kappa shape index (κ1) is 18.2. The maximum Gasteiger partial charge on any atom is 0.241 e. The summed E-state index contributed by atoms with van der Waals surface area (Å²) < 4.78 is 5.86. The largest absolute Gasteiger partial charge is 0.377 e. The first-order valence-electron chi connectivity index (χ1n) is 8.00. The van der Waals surface area contributed by atoms with E-state index in [0.29, 0.717) is 0 Å². The molecule has 1 aliphatic carbocycles. The van der Waals surface area contributed by atoms with Gasteiger partial charge in [0.1, 0.15) is 5.54 Å². The summed E-state index contributed by atoms with van der Waals surface area (Å²) in [7, 11) is 0. The van der Waals surface area contributed by atoms with Crippen LogP contribution in [0.4, 0.5) is 0 Å². The van der Waals surface area contributed by atoms with E-state index in [-0.39, 0.29) is 41.8 Å². The van der Waals surface area contributed by atoms with Crippen LogP contribution in [0.2, 0.25) is 0 Å². The smallest absolute Gasteiger partial charge is 0.241 e. The average molecular weight is 340 g/mol. The van der Waals surface area contributed by atoms with Gasteiger partial charge in [-0.25, -0.2) is 0 Å². The van der Waals surface area contributed by atoms with Crippen molar-refractivity contribution < 1.29 is 9.53 Å². The Hall–Kier alpha value is -1.17. The van der Waals surface area contributed by atoms with Gasteiger partial charge in [0, 0.05) is 30.3 Å². The zero-order chi connectivity index (χ0) is 16.0. The monoisotopic (exact) mass is 339 g/mol. The van der Waals surface area contributed by atoms with Gasteiger partial charge in [0.15, 0.2) is 0 Å². The molecular weight excluding hydrogens is 314 g/mol. The molecule has 1 saturated carbocycles. The topological polar surface area (TPSA) is 77.2 Å². The normalized spacial score (nSPS) is 32.7. The second-order valence-corrected chi connectivity index (χ2v) is 7.11. The fourth-order valence-corrected chi connectivity index (χ4v) is 4.07. The average Bonchev–Trinajstić information content (AvgIpc) is 2.54. The molecule has 128 valence electrons. The maximum atomic E-state index is 12.9. The second kappa shape index (κ2) is 6.38. The number of nitrogens with one attached hydrogen (secondary N) is 1. The first-order valence-corrected chi connectivity index (χ1v) is 8.00. The number of carbonyl (C=O) groups excluding carboxylic acids is 1. The lowest BCUT2D eigenvalue weighted by molar-refractivity contribution is -0.225. The second-order valence-electron chi connectivity index (χ2n) is 7.11. The molecule has 1 amide bonds. The maximum absolute atomic E-state index is 12.9.